The van der Waals surface area contributed by atoms with E-state index in [0.29, 0.717) is 5.76 Å². The van der Waals surface area contributed by atoms with Gasteiger partial charge in [0, 0.05) is 11.6 Å². The molecule has 2 aromatic carbocycles. The van der Waals surface area contributed by atoms with Crippen molar-refractivity contribution in [2.45, 2.75) is 11.8 Å². The van der Waals surface area contributed by atoms with Gasteiger partial charge in [0.2, 0.25) is 0 Å². The van der Waals surface area contributed by atoms with Crippen LogP contribution in [0.1, 0.15) is 21.7 Å². The highest BCUT2D eigenvalue weighted by Crippen LogP contribution is 2.20. The standard InChI is InChI=1S/C18H14N4O4S/c1-12-10-17(21-26-12)20-18(23)13-6-8-15(9-7-13)27(24,25)22-16-5-3-2-4-14(16)11-19/h2-10,22H,1H3,(H,20,21,23). The molecule has 136 valence electrons. The number of aryl methyl sites for hydroxylation is 1. The van der Waals surface area contributed by atoms with Crippen molar-refractivity contribution >= 4 is 27.4 Å². The Labute approximate surface area is 155 Å². The maximum atomic E-state index is 12.5. The van der Waals surface area contributed by atoms with Gasteiger partial charge in [-0.3, -0.25) is 9.52 Å². The summed E-state index contributed by atoms with van der Waals surface area (Å²) in [5, 5.41) is 15.3. The van der Waals surface area contributed by atoms with E-state index in [1.165, 1.54) is 36.4 Å². The van der Waals surface area contributed by atoms with Crippen molar-refractivity contribution in [3.63, 3.8) is 0 Å². The van der Waals surface area contributed by atoms with E-state index < -0.39 is 15.9 Å². The minimum absolute atomic E-state index is 0.0379. The van der Waals surface area contributed by atoms with Gasteiger partial charge in [-0.05, 0) is 43.3 Å². The topological polar surface area (TPSA) is 125 Å². The highest BCUT2D eigenvalue weighted by Gasteiger charge is 2.17. The number of benzene rings is 2. The molecule has 1 heterocycles. The lowest BCUT2D eigenvalue weighted by Crippen LogP contribution is -2.15. The minimum atomic E-state index is -3.90. The molecule has 0 aliphatic rings. The molecule has 27 heavy (non-hydrogen) atoms. The predicted molar refractivity (Wildman–Crippen MR) is 97.6 cm³/mol. The second kappa shape index (κ2) is 7.31. The number of sulfonamides is 1. The summed E-state index contributed by atoms with van der Waals surface area (Å²) in [6.45, 7) is 1.69. The average molecular weight is 382 g/mol. The van der Waals surface area contributed by atoms with E-state index in [0.717, 1.165) is 0 Å². The lowest BCUT2D eigenvalue weighted by atomic mass is 10.2. The molecule has 0 atom stereocenters. The summed E-state index contributed by atoms with van der Waals surface area (Å²) in [4.78, 5) is 12.1. The molecule has 2 N–H and O–H groups in total. The maximum Gasteiger partial charge on any atom is 0.261 e. The number of hydrogen-bond acceptors (Lipinski definition) is 6. The molecule has 9 heteroatoms. The molecule has 0 aliphatic carbocycles. The third kappa shape index (κ3) is 4.13. The molecule has 3 rings (SSSR count). The van der Waals surface area contributed by atoms with Crippen LogP contribution in [0.25, 0.3) is 0 Å². The fourth-order valence-corrected chi connectivity index (χ4v) is 3.35. The van der Waals surface area contributed by atoms with Crippen molar-refractivity contribution in [2.75, 3.05) is 10.0 Å². The smallest absolute Gasteiger partial charge is 0.261 e. The van der Waals surface area contributed by atoms with Crippen LogP contribution >= 0.6 is 0 Å². The number of aromatic nitrogens is 1. The number of amides is 1. The molecule has 0 spiro atoms. The zero-order valence-electron chi connectivity index (χ0n) is 14.1. The molecule has 0 saturated heterocycles. The van der Waals surface area contributed by atoms with Crippen LogP contribution in [0.2, 0.25) is 0 Å². The quantitative estimate of drug-likeness (QED) is 0.699. The zero-order valence-corrected chi connectivity index (χ0v) is 14.9. The number of para-hydroxylation sites is 1. The molecule has 8 nitrogen and oxygen atoms in total. The number of anilines is 2. The first kappa shape index (κ1) is 18.2. The van der Waals surface area contributed by atoms with Crippen molar-refractivity contribution in [3.05, 3.63) is 71.5 Å². The van der Waals surface area contributed by atoms with E-state index in [2.05, 4.69) is 15.2 Å². The van der Waals surface area contributed by atoms with E-state index in [1.807, 2.05) is 6.07 Å². The van der Waals surface area contributed by atoms with Gasteiger partial charge in [-0.2, -0.15) is 5.26 Å². The van der Waals surface area contributed by atoms with Crippen LogP contribution in [0.15, 0.2) is 64.0 Å². The Bertz CT molecular complexity index is 1130. The predicted octanol–water partition coefficient (Wildman–Crippen LogP) is 2.91. The zero-order chi connectivity index (χ0) is 19.4. The normalized spacial score (nSPS) is 10.8. The van der Waals surface area contributed by atoms with Gasteiger partial charge in [0.05, 0.1) is 16.1 Å². The Balaban J connectivity index is 1.77. The molecular formula is C18H14N4O4S. The summed E-state index contributed by atoms with van der Waals surface area (Å²) >= 11 is 0. The Morgan fingerprint density at radius 1 is 1.15 bits per heavy atom. The van der Waals surface area contributed by atoms with Crippen LogP contribution in [0, 0.1) is 18.3 Å². The van der Waals surface area contributed by atoms with Gasteiger partial charge in [-0.15, -0.1) is 0 Å². The van der Waals surface area contributed by atoms with Crippen LogP contribution in [-0.2, 0) is 10.0 Å². The number of carbonyl (C=O) groups is 1. The lowest BCUT2D eigenvalue weighted by Gasteiger charge is -2.10. The summed E-state index contributed by atoms with van der Waals surface area (Å²) in [7, 11) is -3.90. The molecule has 0 bridgehead atoms. The van der Waals surface area contributed by atoms with Gasteiger partial charge in [0.15, 0.2) is 5.82 Å². The van der Waals surface area contributed by atoms with Crippen LogP contribution in [0.3, 0.4) is 0 Å². The van der Waals surface area contributed by atoms with Crippen LogP contribution < -0.4 is 10.0 Å². The van der Waals surface area contributed by atoms with Gasteiger partial charge < -0.3 is 9.84 Å². The van der Waals surface area contributed by atoms with Crippen molar-refractivity contribution < 1.29 is 17.7 Å². The number of nitriles is 1. The highest BCUT2D eigenvalue weighted by atomic mass is 32.2. The molecule has 1 amide bonds. The van der Waals surface area contributed by atoms with E-state index >= 15 is 0 Å². The monoisotopic (exact) mass is 382 g/mol. The van der Waals surface area contributed by atoms with Gasteiger partial charge >= 0.3 is 0 Å². The first-order chi connectivity index (χ1) is 12.9. The van der Waals surface area contributed by atoms with E-state index in [-0.39, 0.29) is 27.5 Å². The van der Waals surface area contributed by atoms with Crippen LogP contribution in [-0.4, -0.2) is 19.5 Å². The van der Waals surface area contributed by atoms with Crippen molar-refractivity contribution in [1.29, 1.82) is 5.26 Å². The van der Waals surface area contributed by atoms with Crippen molar-refractivity contribution in [3.8, 4) is 6.07 Å². The SMILES string of the molecule is Cc1cc(NC(=O)c2ccc(S(=O)(=O)Nc3ccccc3C#N)cc2)no1. The maximum absolute atomic E-state index is 12.5. The van der Waals surface area contributed by atoms with Crippen molar-refractivity contribution in [1.82, 2.24) is 5.16 Å². The van der Waals surface area contributed by atoms with Crippen LogP contribution in [0.5, 0.6) is 0 Å². The Morgan fingerprint density at radius 3 is 2.48 bits per heavy atom. The Kier molecular flexibility index (Phi) is 4.92. The third-order valence-corrected chi connectivity index (χ3v) is 4.97. The third-order valence-electron chi connectivity index (χ3n) is 3.59. The number of carbonyl (C=O) groups excluding carboxylic acids is 1. The van der Waals surface area contributed by atoms with Crippen LogP contribution in [0.4, 0.5) is 11.5 Å². The summed E-state index contributed by atoms with van der Waals surface area (Å²) in [6, 6.07) is 15.1. The van der Waals surface area contributed by atoms with E-state index in [1.54, 1.807) is 25.1 Å². The molecular weight excluding hydrogens is 368 g/mol. The largest absolute Gasteiger partial charge is 0.360 e. The summed E-state index contributed by atoms with van der Waals surface area (Å²) in [6.07, 6.45) is 0. The van der Waals surface area contributed by atoms with Gasteiger partial charge in [-0.25, -0.2) is 8.42 Å². The molecule has 0 saturated carbocycles. The van der Waals surface area contributed by atoms with Gasteiger partial charge in [0.1, 0.15) is 11.8 Å². The van der Waals surface area contributed by atoms with E-state index in [4.69, 9.17) is 9.78 Å². The second-order valence-electron chi connectivity index (χ2n) is 5.56. The fraction of sp³-hybridized carbons (Fsp3) is 0.0556. The first-order valence-electron chi connectivity index (χ1n) is 7.76. The minimum Gasteiger partial charge on any atom is -0.360 e. The van der Waals surface area contributed by atoms with Gasteiger partial charge in [-0.1, -0.05) is 17.3 Å². The molecule has 0 unspecified atom stereocenters. The summed E-state index contributed by atoms with van der Waals surface area (Å²) in [5.41, 5.74) is 0.648. The van der Waals surface area contributed by atoms with Crippen molar-refractivity contribution in [2.24, 2.45) is 0 Å². The first-order valence-corrected chi connectivity index (χ1v) is 9.24. The van der Waals surface area contributed by atoms with Gasteiger partial charge in [0.25, 0.3) is 15.9 Å². The average Bonchev–Trinajstić information content (AvgIpc) is 3.06. The Morgan fingerprint density at radius 2 is 1.85 bits per heavy atom. The highest BCUT2D eigenvalue weighted by molar-refractivity contribution is 7.92. The number of rotatable bonds is 5. The lowest BCUT2D eigenvalue weighted by molar-refractivity contribution is 0.102. The molecule has 0 fully saturated rings. The Hall–Kier alpha value is -3.64. The summed E-state index contributed by atoms with van der Waals surface area (Å²) in [5.74, 6) is 0.370. The second-order valence-corrected chi connectivity index (χ2v) is 7.25. The summed E-state index contributed by atoms with van der Waals surface area (Å²) < 4.78 is 32.2. The molecule has 1 aromatic heterocycles. The number of nitrogens with one attached hydrogen (secondary N) is 2. The molecule has 0 radical (unpaired) electrons. The fourth-order valence-electron chi connectivity index (χ4n) is 2.27. The number of hydrogen-bond donors (Lipinski definition) is 2. The number of nitrogens with zero attached hydrogens (tertiary/aromatic N) is 2. The molecule has 0 aliphatic heterocycles. The molecule has 3 aromatic rings. The van der Waals surface area contributed by atoms with E-state index in [9.17, 15) is 13.2 Å².